The fourth-order valence-corrected chi connectivity index (χ4v) is 3.18. The van der Waals surface area contributed by atoms with Crippen LogP contribution in [0.4, 0.5) is 0 Å². The number of imidazole rings is 1. The van der Waals surface area contributed by atoms with Gasteiger partial charge in [-0.2, -0.15) is 5.10 Å². The van der Waals surface area contributed by atoms with Crippen LogP contribution in [0.3, 0.4) is 0 Å². The van der Waals surface area contributed by atoms with Crippen molar-refractivity contribution in [3.8, 4) is 0 Å². The molecule has 0 aromatic carbocycles. The van der Waals surface area contributed by atoms with E-state index in [4.69, 9.17) is 0 Å². The van der Waals surface area contributed by atoms with Gasteiger partial charge in [0.2, 0.25) is 0 Å². The molecule has 1 aliphatic rings. The summed E-state index contributed by atoms with van der Waals surface area (Å²) in [6.45, 7) is 3.03. The number of nitrogens with zero attached hydrogens (tertiary/aromatic N) is 4. The Morgan fingerprint density at radius 1 is 1.43 bits per heavy atom. The third kappa shape index (κ3) is 2.64. The largest absolute Gasteiger partial charge is 0.346 e. The van der Waals surface area contributed by atoms with E-state index in [0.29, 0.717) is 12.2 Å². The number of aromatic nitrogens is 4. The van der Waals surface area contributed by atoms with E-state index in [2.05, 4.69) is 36.6 Å². The molecule has 118 valence electrons. The van der Waals surface area contributed by atoms with Crippen molar-refractivity contribution in [2.45, 2.75) is 19.6 Å². The minimum Gasteiger partial charge on any atom is -0.346 e. The summed E-state index contributed by atoms with van der Waals surface area (Å²) in [5.41, 5.74) is 3.30. The number of halogens is 1. The van der Waals surface area contributed by atoms with E-state index in [1.165, 1.54) is 0 Å². The molecule has 1 amide bonds. The Labute approximate surface area is 140 Å². The Bertz CT molecular complexity index is 883. The summed E-state index contributed by atoms with van der Waals surface area (Å²) in [5, 5.41) is 10.6. The maximum atomic E-state index is 12.3. The Morgan fingerprint density at radius 2 is 2.35 bits per heavy atom. The van der Waals surface area contributed by atoms with Crippen LogP contribution in [0.1, 0.15) is 21.7 Å². The van der Waals surface area contributed by atoms with E-state index in [1.807, 2.05) is 33.5 Å². The molecule has 0 spiro atoms. The van der Waals surface area contributed by atoms with E-state index >= 15 is 0 Å². The highest BCUT2D eigenvalue weighted by Crippen LogP contribution is 2.15. The molecule has 23 heavy (non-hydrogen) atoms. The van der Waals surface area contributed by atoms with Crippen molar-refractivity contribution in [3.63, 3.8) is 0 Å². The molecule has 0 radical (unpaired) electrons. The number of carbonyl (C=O) groups is 1. The molecular weight excluding hydrogens is 360 g/mol. The highest BCUT2D eigenvalue weighted by atomic mass is 79.9. The number of fused-ring (bicyclic) bond motifs is 2. The summed E-state index contributed by atoms with van der Waals surface area (Å²) < 4.78 is 4.68. The van der Waals surface area contributed by atoms with Crippen LogP contribution in [-0.2, 0) is 19.6 Å². The predicted octanol–water partition coefficient (Wildman–Crippen LogP) is 1.33. The highest BCUT2D eigenvalue weighted by molar-refractivity contribution is 9.10. The molecule has 0 saturated carbocycles. The zero-order valence-corrected chi connectivity index (χ0v) is 13.9. The van der Waals surface area contributed by atoms with Gasteiger partial charge in [-0.05, 0) is 28.1 Å². The minimum absolute atomic E-state index is 0.190. The van der Waals surface area contributed by atoms with Gasteiger partial charge in [-0.25, -0.2) is 4.98 Å². The number of rotatable bonds is 3. The lowest BCUT2D eigenvalue weighted by atomic mass is 10.2. The second-order valence-electron chi connectivity index (χ2n) is 5.40. The third-order valence-corrected chi connectivity index (χ3v) is 4.59. The van der Waals surface area contributed by atoms with Gasteiger partial charge in [0.25, 0.3) is 5.91 Å². The van der Waals surface area contributed by atoms with Gasteiger partial charge in [-0.1, -0.05) is 6.07 Å². The number of carbonyl (C=O) groups excluding carboxylic acids is 1. The molecule has 7 nitrogen and oxygen atoms in total. The normalized spacial score (nSPS) is 14.0. The molecule has 0 saturated heterocycles. The van der Waals surface area contributed by atoms with E-state index in [0.717, 1.165) is 41.1 Å². The van der Waals surface area contributed by atoms with Crippen LogP contribution in [0.5, 0.6) is 0 Å². The zero-order valence-electron chi connectivity index (χ0n) is 12.3. The SMILES string of the molecule is O=C(NCc1cnn2c1CNCC2)c1cn2c(Br)cccc2n1. The Kier molecular flexibility index (Phi) is 3.62. The van der Waals surface area contributed by atoms with Crippen molar-refractivity contribution in [3.05, 3.63) is 52.1 Å². The average Bonchev–Trinajstić information content (AvgIpc) is 3.17. The molecule has 8 heteroatoms. The summed E-state index contributed by atoms with van der Waals surface area (Å²) in [5.74, 6) is -0.190. The predicted molar refractivity (Wildman–Crippen MR) is 88.0 cm³/mol. The van der Waals surface area contributed by atoms with Crippen molar-refractivity contribution in [2.75, 3.05) is 6.54 Å². The van der Waals surface area contributed by atoms with Crippen molar-refractivity contribution in [1.29, 1.82) is 0 Å². The van der Waals surface area contributed by atoms with E-state index in [-0.39, 0.29) is 5.91 Å². The van der Waals surface area contributed by atoms with Crippen molar-refractivity contribution < 1.29 is 4.79 Å². The lowest BCUT2D eigenvalue weighted by Crippen LogP contribution is -2.30. The second-order valence-corrected chi connectivity index (χ2v) is 6.21. The van der Waals surface area contributed by atoms with E-state index < -0.39 is 0 Å². The Balaban J connectivity index is 1.51. The fraction of sp³-hybridized carbons (Fsp3) is 0.267. The van der Waals surface area contributed by atoms with Crippen LogP contribution in [0.15, 0.2) is 35.2 Å². The van der Waals surface area contributed by atoms with Gasteiger partial charge in [0.05, 0.1) is 23.0 Å². The van der Waals surface area contributed by atoms with Gasteiger partial charge in [0.15, 0.2) is 0 Å². The highest BCUT2D eigenvalue weighted by Gasteiger charge is 2.16. The first kappa shape index (κ1) is 14.4. The molecule has 0 aliphatic carbocycles. The molecule has 0 fully saturated rings. The molecule has 1 aliphatic heterocycles. The van der Waals surface area contributed by atoms with Gasteiger partial charge in [-0.3, -0.25) is 13.9 Å². The van der Waals surface area contributed by atoms with Gasteiger partial charge in [-0.15, -0.1) is 0 Å². The lowest BCUT2D eigenvalue weighted by molar-refractivity contribution is 0.0946. The molecule has 3 aromatic rings. The first-order valence-corrected chi connectivity index (χ1v) is 8.18. The summed E-state index contributed by atoms with van der Waals surface area (Å²) in [6.07, 6.45) is 3.55. The number of hydrogen-bond acceptors (Lipinski definition) is 4. The summed E-state index contributed by atoms with van der Waals surface area (Å²) in [7, 11) is 0. The first-order valence-electron chi connectivity index (χ1n) is 7.38. The molecule has 4 rings (SSSR count). The topological polar surface area (TPSA) is 76.2 Å². The molecule has 0 unspecified atom stereocenters. The van der Waals surface area contributed by atoms with E-state index in [9.17, 15) is 4.79 Å². The minimum atomic E-state index is -0.190. The van der Waals surface area contributed by atoms with Crippen LogP contribution in [-0.4, -0.2) is 31.6 Å². The van der Waals surface area contributed by atoms with Gasteiger partial charge >= 0.3 is 0 Å². The van der Waals surface area contributed by atoms with Crippen molar-refractivity contribution in [1.82, 2.24) is 29.8 Å². The van der Waals surface area contributed by atoms with Gasteiger partial charge in [0.1, 0.15) is 11.3 Å². The maximum Gasteiger partial charge on any atom is 0.271 e. The van der Waals surface area contributed by atoms with Gasteiger partial charge < -0.3 is 10.6 Å². The monoisotopic (exact) mass is 374 g/mol. The van der Waals surface area contributed by atoms with Crippen LogP contribution < -0.4 is 10.6 Å². The van der Waals surface area contributed by atoms with Crippen LogP contribution >= 0.6 is 15.9 Å². The number of amides is 1. The molecule has 4 heterocycles. The quantitative estimate of drug-likeness (QED) is 0.678. The first-order chi connectivity index (χ1) is 11.2. The molecule has 0 atom stereocenters. The molecule has 3 aromatic heterocycles. The Hall–Kier alpha value is -2.19. The fourth-order valence-electron chi connectivity index (χ4n) is 2.74. The number of nitrogens with one attached hydrogen (secondary N) is 2. The van der Waals surface area contributed by atoms with E-state index in [1.54, 1.807) is 6.20 Å². The lowest BCUT2D eigenvalue weighted by Gasteiger charge is -2.16. The van der Waals surface area contributed by atoms with Crippen molar-refractivity contribution in [2.24, 2.45) is 0 Å². The smallest absolute Gasteiger partial charge is 0.271 e. The number of pyridine rings is 1. The maximum absolute atomic E-state index is 12.3. The molecule has 0 bridgehead atoms. The third-order valence-electron chi connectivity index (χ3n) is 3.94. The summed E-state index contributed by atoms with van der Waals surface area (Å²) in [4.78, 5) is 16.7. The Morgan fingerprint density at radius 3 is 3.22 bits per heavy atom. The summed E-state index contributed by atoms with van der Waals surface area (Å²) >= 11 is 3.44. The van der Waals surface area contributed by atoms with Crippen molar-refractivity contribution >= 4 is 27.5 Å². The van der Waals surface area contributed by atoms with Crippen LogP contribution in [0.2, 0.25) is 0 Å². The average molecular weight is 375 g/mol. The van der Waals surface area contributed by atoms with Crippen LogP contribution in [0, 0.1) is 0 Å². The van der Waals surface area contributed by atoms with Gasteiger partial charge in [0, 0.05) is 31.4 Å². The molecule has 2 N–H and O–H groups in total. The zero-order chi connectivity index (χ0) is 15.8. The summed E-state index contributed by atoms with van der Waals surface area (Å²) in [6, 6.07) is 5.66. The molecular formula is C15H15BrN6O. The second kappa shape index (κ2) is 5.78. The number of hydrogen-bond donors (Lipinski definition) is 2. The van der Waals surface area contributed by atoms with Crippen LogP contribution in [0.25, 0.3) is 5.65 Å². The standard InChI is InChI=1S/C15H15BrN6O/c16-13-2-1-3-14-20-11(9-21(13)14)15(23)18-6-10-7-19-22-5-4-17-8-12(10)22/h1-3,7,9,17H,4-6,8H2,(H,18,23).